The van der Waals surface area contributed by atoms with Gasteiger partial charge < -0.3 is 15.0 Å². The van der Waals surface area contributed by atoms with E-state index >= 15 is 0 Å². The summed E-state index contributed by atoms with van der Waals surface area (Å²) in [5.41, 5.74) is 2.38. The Morgan fingerprint density at radius 3 is 2.95 bits per heavy atom. The molecule has 2 rings (SSSR count). The van der Waals surface area contributed by atoms with Crippen molar-refractivity contribution in [3.05, 3.63) is 35.4 Å². The quantitative estimate of drug-likeness (QED) is 0.851. The Balaban J connectivity index is 1.90. The Morgan fingerprint density at radius 1 is 1.41 bits per heavy atom. The molecule has 0 unspecified atom stereocenters. The van der Waals surface area contributed by atoms with Crippen molar-refractivity contribution in [3.63, 3.8) is 0 Å². The van der Waals surface area contributed by atoms with Crippen molar-refractivity contribution in [2.45, 2.75) is 39.2 Å². The molecule has 1 fully saturated rings. The van der Waals surface area contributed by atoms with Crippen molar-refractivity contribution in [2.75, 3.05) is 19.7 Å². The third kappa shape index (κ3) is 4.23. The number of carbonyl (C=O) groups excluding carboxylic acids is 2. The Morgan fingerprint density at radius 2 is 2.23 bits per heavy atom. The zero-order valence-electron chi connectivity index (χ0n) is 13.3. The highest BCUT2D eigenvalue weighted by Crippen LogP contribution is 2.32. The Kier molecular flexibility index (Phi) is 5.81. The largest absolute Gasteiger partial charge is 0.466 e. The number of rotatable bonds is 5. The van der Waals surface area contributed by atoms with Crippen LogP contribution in [0.5, 0.6) is 0 Å². The number of nitrogens with one attached hydrogen (secondary N) is 1. The van der Waals surface area contributed by atoms with E-state index in [2.05, 4.69) is 30.4 Å². The lowest BCUT2D eigenvalue weighted by Gasteiger charge is -2.25. The molecule has 1 aliphatic heterocycles. The second-order valence-corrected chi connectivity index (χ2v) is 5.55. The number of likely N-dealkylation sites (tertiary alicyclic amines) is 1. The number of hydrogen-bond acceptors (Lipinski definition) is 3. The molecule has 1 saturated heterocycles. The first-order valence-corrected chi connectivity index (χ1v) is 7.88. The van der Waals surface area contributed by atoms with E-state index in [9.17, 15) is 9.59 Å². The predicted octanol–water partition coefficient (Wildman–Crippen LogP) is 2.79. The van der Waals surface area contributed by atoms with Crippen LogP contribution in [0.3, 0.4) is 0 Å². The van der Waals surface area contributed by atoms with E-state index in [0.717, 1.165) is 19.4 Å². The van der Waals surface area contributed by atoms with Crippen molar-refractivity contribution in [1.82, 2.24) is 10.2 Å². The fourth-order valence-corrected chi connectivity index (χ4v) is 2.84. The molecule has 0 aromatic heterocycles. The number of nitrogens with zero attached hydrogens (tertiary/aromatic N) is 1. The first kappa shape index (κ1) is 16.3. The van der Waals surface area contributed by atoms with E-state index in [1.54, 1.807) is 6.92 Å². The lowest BCUT2D eigenvalue weighted by molar-refractivity contribution is -0.142. The van der Waals surface area contributed by atoms with Gasteiger partial charge in [-0.3, -0.25) is 4.79 Å². The minimum absolute atomic E-state index is 0.103. The summed E-state index contributed by atoms with van der Waals surface area (Å²) < 4.78 is 4.85. The summed E-state index contributed by atoms with van der Waals surface area (Å²) in [7, 11) is 0. The van der Waals surface area contributed by atoms with E-state index in [0.29, 0.717) is 13.2 Å². The van der Waals surface area contributed by atoms with Crippen molar-refractivity contribution < 1.29 is 14.3 Å². The summed E-state index contributed by atoms with van der Waals surface area (Å²) in [6, 6.07) is 8.31. The fraction of sp³-hybridized carbons (Fsp3) is 0.529. The van der Waals surface area contributed by atoms with Crippen LogP contribution in [-0.4, -0.2) is 36.6 Å². The number of ether oxygens (including phenoxy) is 1. The maximum absolute atomic E-state index is 12.3. The molecule has 1 heterocycles. The molecule has 22 heavy (non-hydrogen) atoms. The molecule has 1 atom stereocenters. The van der Waals surface area contributed by atoms with Gasteiger partial charge in [-0.1, -0.05) is 29.8 Å². The van der Waals surface area contributed by atoms with Gasteiger partial charge in [0.2, 0.25) is 0 Å². The van der Waals surface area contributed by atoms with Crippen LogP contribution in [0, 0.1) is 6.92 Å². The van der Waals surface area contributed by atoms with Crippen molar-refractivity contribution >= 4 is 12.0 Å². The summed E-state index contributed by atoms with van der Waals surface area (Å²) in [6.07, 6.45) is 2.20. The number of urea groups is 1. The topological polar surface area (TPSA) is 58.6 Å². The molecule has 120 valence electrons. The first-order valence-electron chi connectivity index (χ1n) is 7.88. The van der Waals surface area contributed by atoms with Gasteiger partial charge in [-0.25, -0.2) is 4.79 Å². The smallest absolute Gasteiger partial charge is 0.317 e. The zero-order chi connectivity index (χ0) is 15.9. The molecule has 5 nitrogen and oxygen atoms in total. The van der Waals surface area contributed by atoms with Crippen LogP contribution < -0.4 is 5.32 Å². The summed E-state index contributed by atoms with van der Waals surface area (Å²) in [6.45, 7) is 5.27. The second kappa shape index (κ2) is 7.82. The van der Waals surface area contributed by atoms with Gasteiger partial charge in [0, 0.05) is 13.1 Å². The normalized spacial score (nSPS) is 17.4. The third-order valence-corrected chi connectivity index (χ3v) is 3.85. The van der Waals surface area contributed by atoms with Gasteiger partial charge in [0.1, 0.15) is 0 Å². The molecular formula is C17H24N2O3. The molecule has 0 bridgehead atoms. The summed E-state index contributed by atoms with van der Waals surface area (Å²) in [4.78, 5) is 25.5. The Labute approximate surface area is 131 Å². The number of carbonyl (C=O) groups is 2. The number of aryl methyl sites for hydroxylation is 1. The van der Waals surface area contributed by atoms with Gasteiger partial charge in [0.15, 0.2) is 0 Å². The molecule has 5 heteroatoms. The van der Waals surface area contributed by atoms with E-state index in [1.807, 2.05) is 11.0 Å². The predicted molar refractivity (Wildman–Crippen MR) is 84.5 cm³/mol. The summed E-state index contributed by atoms with van der Waals surface area (Å²) in [5, 5.41) is 2.81. The minimum atomic E-state index is -0.278. The number of hydrogen-bond donors (Lipinski definition) is 1. The van der Waals surface area contributed by atoms with Crippen LogP contribution in [0.2, 0.25) is 0 Å². The lowest BCUT2D eigenvalue weighted by atomic mass is 10.0. The fourth-order valence-electron chi connectivity index (χ4n) is 2.84. The first-order chi connectivity index (χ1) is 10.6. The standard InChI is InChI=1S/C17H24N2O3/c1-3-22-16(20)9-10-18-17(21)19-11-5-8-15(19)14-7-4-6-13(2)12-14/h4,6-7,12,15H,3,5,8-11H2,1-2H3,(H,18,21)/t15-/m1/s1. The van der Waals surface area contributed by atoms with E-state index in [4.69, 9.17) is 4.74 Å². The zero-order valence-corrected chi connectivity index (χ0v) is 13.3. The highest BCUT2D eigenvalue weighted by atomic mass is 16.5. The average molecular weight is 304 g/mol. The van der Waals surface area contributed by atoms with Gasteiger partial charge in [-0.2, -0.15) is 0 Å². The molecule has 0 saturated carbocycles. The van der Waals surface area contributed by atoms with Crippen LogP contribution in [0.4, 0.5) is 4.79 Å². The van der Waals surface area contributed by atoms with Gasteiger partial charge in [0.25, 0.3) is 0 Å². The molecule has 1 aliphatic rings. The Bertz CT molecular complexity index is 530. The highest BCUT2D eigenvalue weighted by Gasteiger charge is 2.29. The summed E-state index contributed by atoms with van der Waals surface area (Å²) >= 11 is 0. The van der Waals surface area contributed by atoms with Crippen LogP contribution >= 0.6 is 0 Å². The molecule has 1 aromatic carbocycles. The van der Waals surface area contributed by atoms with Crippen molar-refractivity contribution in [2.24, 2.45) is 0 Å². The molecule has 1 N–H and O–H groups in total. The monoisotopic (exact) mass is 304 g/mol. The van der Waals surface area contributed by atoms with Gasteiger partial charge >= 0.3 is 12.0 Å². The number of amides is 2. The van der Waals surface area contributed by atoms with Crippen molar-refractivity contribution in [1.29, 1.82) is 0 Å². The molecule has 0 radical (unpaired) electrons. The van der Waals surface area contributed by atoms with E-state index < -0.39 is 0 Å². The van der Waals surface area contributed by atoms with Gasteiger partial charge in [-0.05, 0) is 32.3 Å². The molecular weight excluding hydrogens is 280 g/mol. The lowest BCUT2D eigenvalue weighted by Crippen LogP contribution is -2.40. The number of esters is 1. The third-order valence-electron chi connectivity index (χ3n) is 3.85. The SMILES string of the molecule is CCOC(=O)CCNC(=O)N1CCC[C@@H]1c1cccc(C)c1. The van der Waals surface area contributed by atoms with Gasteiger partial charge in [0.05, 0.1) is 19.1 Å². The molecule has 2 amide bonds. The minimum Gasteiger partial charge on any atom is -0.466 e. The van der Waals surface area contributed by atoms with Crippen LogP contribution in [0.15, 0.2) is 24.3 Å². The van der Waals surface area contributed by atoms with E-state index in [1.165, 1.54) is 11.1 Å². The maximum atomic E-state index is 12.3. The molecule has 0 aliphatic carbocycles. The van der Waals surface area contributed by atoms with Crippen molar-refractivity contribution in [3.8, 4) is 0 Å². The number of benzene rings is 1. The maximum Gasteiger partial charge on any atom is 0.317 e. The second-order valence-electron chi connectivity index (χ2n) is 5.55. The molecule has 0 spiro atoms. The van der Waals surface area contributed by atoms with Gasteiger partial charge in [-0.15, -0.1) is 0 Å². The van der Waals surface area contributed by atoms with E-state index in [-0.39, 0.29) is 24.5 Å². The van der Waals surface area contributed by atoms with Crippen LogP contribution in [-0.2, 0) is 9.53 Å². The summed E-state index contributed by atoms with van der Waals surface area (Å²) in [5.74, 6) is -0.278. The highest BCUT2D eigenvalue weighted by molar-refractivity contribution is 5.76. The molecule has 1 aromatic rings. The average Bonchev–Trinajstić information content (AvgIpc) is 2.97. The van der Waals surface area contributed by atoms with Crippen LogP contribution in [0.25, 0.3) is 0 Å². The Hall–Kier alpha value is -2.04. The van der Waals surface area contributed by atoms with Crippen LogP contribution in [0.1, 0.15) is 43.4 Å².